The molecule has 2 aromatic rings. The molecule has 1 amide bonds. The molecule has 0 aliphatic carbocycles. The molecule has 0 radical (unpaired) electrons. The maximum Gasteiger partial charge on any atom is 0.411 e. The number of benzene rings is 2. The zero-order chi connectivity index (χ0) is 20.3. The minimum atomic E-state index is -0.699. The fourth-order valence-electron chi connectivity index (χ4n) is 3.18. The molecule has 0 bridgehead atoms. The van der Waals surface area contributed by atoms with Gasteiger partial charge in [0.15, 0.2) is 0 Å². The summed E-state index contributed by atoms with van der Waals surface area (Å²) >= 11 is 0. The van der Waals surface area contributed by atoms with E-state index in [0.29, 0.717) is 13.0 Å². The van der Waals surface area contributed by atoms with Gasteiger partial charge in [0, 0.05) is 6.42 Å². The van der Waals surface area contributed by atoms with Gasteiger partial charge in [-0.3, -0.25) is 4.90 Å². The van der Waals surface area contributed by atoms with Crippen LogP contribution in [0.3, 0.4) is 0 Å². The van der Waals surface area contributed by atoms with Crippen molar-refractivity contribution in [1.29, 1.82) is 0 Å². The van der Waals surface area contributed by atoms with E-state index in [1.54, 1.807) is 0 Å². The molecule has 148 valence electrons. The van der Waals surface area contributed by atoms with Crippen LogP contribution in [0.4, 0.5) is 4.79 Å². The van der Waals surface area contributed by atoms with Crippen molar-refractivity contribution < 1.29 is 19.1 Å². The van der Waals surface area contributed by atoms with Crippen LogP contribution in [0.5, 0.6) is 0 Å². The van der Waals surface area contributed by atoms with E-state index in [2.05, 4.69) is 0 Å². The van der Waals surface area contributed by atoms with Gasteiger partial charge in [0.05, 0.1) is 6.54 Å². The summed E-state index contributed by atoms with van der Waals surface area (Å²) < 4.78 is 11.1. The Morgan fingerprint density at radius 3 is 2.32 bits per heavy atom. The molecular formula is C23H27NO4. The highest BCUT2D eigenvalue weighted by Gasteiger charge is 2.37. The van der Waals surface area contributed by atoms with Gasteiger partial charge in [-0.15, -0.1) is 0 Å². The smallest absolute Gasteiger partial charge is 0.411 e. The Balaban J connectivity index is 1.77. The minimum absolute atomic E-state index is 0.180. The van der Waals surface area contributed by atoms with Crippen LogP contribution < -0.4 is 0 Å². The third kappa shape index (κ3) is 4.91. The number of carbonyl (C=O) groups is 2. The van der Waals surface area contributed by atoms with E-state index in [1.807, 2.05) is 76.2 Å². The van der Waals surface area contributed by atoms with Gasteiger partial charge in [-0.2, -0.15) is 0 Å². The molecule has 0 saturated carbocycles. The molecule has 0 saturated heterocycles. The number of rotatable bonds is 3. The first-order valence-electron chi connectivity index (χ1n) is 9.51. The molecule has 0 aromatic heterocycles. The molecule has 3 rings (SSSR count). The van der Waals surface area contributed by atoms with Gasteiger partial charge in [0.25, 0.3) is 0 Å². The Morgan fingerprint density at radius 1 is 1.04 bits per heavy atom. The molecule has 1 aliphatic rings. The lowest BCUT2D eigenvalue weighted by molar-refractivity contribution is -0.151. The Kier molecular flexibility index (Phi) is 5.73. The molecule has 0 unspecified atom stereocenters. The molecular weight excluding hydrogens is 354 g/mol. The van der Waals surface area contributed by atoms with Crippen molar-refractivity contribution in [3.63, 3.8) is 0 Å². The Labute approximate surface area is 166 Å². The summed E-state index contributed by atoms with van der Waals surface area (Å²) in [4.78, 5) is 27.1. The van der Waals surface area contributed by atoms with E-state index in [4.69, 9.17) is 9.47 Å². The topological polar surface area (TPSA) is 55.8 Å². The number of hydrogen-bond donors (Lipinski definition) is 0. The van der Waals surface area contributed by atoms with E-state index in [-0.39, 0.29) is 6.61 Å². The molecule has 28 heavy (non-hydrogen) atoms. The van der Waals surface area contributed by atoms with Gasteiger partial charge in [-0.25, -0.2) is 9.59 Å². The Morgan fingerprint density at radius 2 is 1.68 bits per heavy atom. The number of esters is 1. The highest BCUT2D eigenvalue weighted by molar-refractivity contribution is 5.82. The highest BCUT2D eigenvalue weighted by Crippen LogP contribution is 2.26. The van der Waals surface area contributed by atoms with Crippen LogP contribution in [0, 0.1) is 6.92 Å². The van der Waals surface area contributed by atoms with Crippen molar-refractivity contribution >= 4 is 12.1 Å². The molecule has 0 spiro atoms. The summed E-state index contributed by atoms with van der Waals surface area (Å²) in [7, 11) is 0. The SMILES string of the molecule is Cc1ccc(COC(=O)[C@@H]2Cc3ccccc3CN2C(=O)OC(C)(C)C)cc1. The summed E-state index contributed by atoms with van der Waals surface area (Å²) in [5, 5.41) is 0. The number of aryl methyl sites for hydroxylation is 1. The van der Waals surface area contributed by atoms with Gasteiger partial charge < -0.3 is 9.47 Å². The number of hydrogen-bond acceptors (Lipinski definition) is 4. The van der Waals surface area contributed by atoms with Crippen molar-refractivity contribution in [2.24, 2.45) is 0 Å². The van der Waals surface area contributed by atoms with Crippen LogP contribution in [0.15, 0.2) is 48.5 Å². The monoisotopic (exact) mass is 381 g/mol. The minimum Gasteiger partial charge on any atom is -0.459 e. The summed E-state index contributed by atoms with van der Waals surface area (Å²) in [5.41, 5.74) is 3.51. The number of carbonyl (C=O) groups excluding carboxylic acids is 2. The molecule has 2 aromatic carbocycles. The maximum absolute atomic E-state index is 12.9. The molecule has 5 nitrogen and oxygen atoms in total. The molecule has 1 heterocycles. The molecule has 0 fully saturated rings. The first-order valence-corrected chi connectivity index (χ1v) is 9.51. The second-order valence-corrected chi connectivity index (χ2v) is 8.19. The van der Waals surface area contributed by atoms with E-state index in [9.17, 15) is 9.59 Å². The van der Waals surface area contributed by atoms with E-state index >= 15 is 0 Å². The van der Waals surface area contributed by atoms with Crippen molar-refractivity contribution in [3.05, 3.63) is 70.8 Å². The largest absolute Gasteiger partial charge is 0.459 e. The first-order chi connectivity index (χ1) is 13.2. The van der Waals surface area contributed by atoms with Crippen molar-refractivity contribution in [2.45, 2.75) is 58.9 Å². The molecule has 1 aliphatic heterocycles. The van der Waals surface area contributed by atoms with Crippen molar-refractivity contribution in [3.8, 4) is 0 Å². The predicted molar refractivity (Wildman–Crippen MR) is 107 cm³/mol. The van der Waals surface area contributed by atoms with Gasteiger partial charge >= 0.3 is 12.1 Å². The van der Waals surface area contributed by atoms with Gasteiger partial charge in [-0.1, -0.05) is 54.1 Å². The fourth-order valence-corrected chi connectivity index (χ4v) is 3.18. The van der Waals surface area contributed by atoms with E-state index in [0.717, 1.165) is 22.3 Å². The van der Waals surface area contributed by atoms with Gasteiger partial charge in [0.2, 0.25) is 0 Å². The summed E-state index contributed by atoms with van der Waals surface area (Å²) in [6.07, 6.45) is -0.0819. The lowest BCUT2D eigenvalue weighted by atomic mass is 9.94. The van der Waals surface area contributed by atoms with Crippen LogP contribution in [0.25, 0.3) is 0 Å². The Hall–Kier alpha value is -2.82. The van der Waals surface area contributed by atoms with Crippen molar-refractivity contribution in [1.82, 2.24) is 4.90 Å². The highest BCUT2D eigenvalue weighted by atomic mass is 16.6. The van der Waals surface area contributed by atoms with Crippen LogP contribution in [-0.2, 0) is 33.8 Å². The Bertz CT molecular complexity index is 852. The normalized spacial score (nSPS) is 16.3. The standard InChI is InChI=1S/C23H27NO4/c1-16-9-11-17(12-10-16)15-27-21(25)20-13-18-7-5-6-8-19(18)14-24(20)22(26)28-23(2,3)4/h5-12,20H,13-15H2,1-4H3/t20-/m0/s1. The lowest BCUT2D eigenvalue weighted by Crippen LogP contribution is -2.50. The van der Waals surface area contributed by atoms with Crippen LogP contribution in [-0.4, -0.2) is 28.6 Å². The van der Waals surface area contributed by atoms with Gasteiger partial charge in [0.1, 0.15) is 18.2 Å². The number of fused-ring (bicyclic) bond motifs is 1. The van der Waals surface area contributed by atoms with Crippen LogP contribution in [0.1, 0.15) is 43.0 Å². The summed E-state index contributed by atoms with van der Waals surface area (Å²) in [6.45, 7) is 7.96. The number of amides is 1. The van der Waals surface area contributed by atoms with Crippen LogP contribution in [0.2, 0.25) is 0 Å². The van der Waals surface area contributed by atoms with Crippen molar-refractivity contribution in [2.75, 3.05) is 0 Å². The fraction of sp³-hybridized carbons (Fsp3) is 0.391. The lowest BCUT2D eigenvalue weighted by Gasteiger charge is -2.36. The van der Waals surface area contributed by atoms with E-state index in [1.165, 1.54) is 4.90 Å². The second-order valence-electron chi connectivity index (χ2n) is 8.19. The summed E-state index contributed by atoms with van der Waals surface area (Å²) in [5.74, 6) is -0.416. The van der Waals surface area contributed by atoms with Gasteiger partial charge in [-0.05, 0) is 44.4 Å². The zero-order valence-corrected chi connectivity index (χ0v) is 16.9. The van der Waals surface area contributed by atoms with Crippen LogP contribution >= 0.6 is 0 Å². The maximum atomic E-state index is 12.9. The average Bonchev–Trinajstić information content (AvgIpc) is 2.65. The summed E-state index contributed by atoms with van der Waals surface area (Å²) in [6, 6.07) is 15.0. The number of nitrogens with zero attached hydrogens (tertiary/aromatic N) is 1. The molecule has 5 heteroatoms. The predicted octanol–water partition coefficient (Wildman–Crippen LogP) is 4.40. The van der Waals surface area contributed by atoms with E-state index < -0.39 is 23.7 Å². The third-order valence-electron chi connectivity index (χ3n) is 4.65. The second kappa shape index (κ2) is 8.05. The average molecular weight is 381 g/mol. The zero-order valence-electron chi connectivity index (χ0n) is 16.9. The third-order valence-corrected chi connectivity index (χ3v) is 4.65. The quantitative estimate of drug-likeness (QED) is 0.740. The first kappa shape index (κ1) is 19.9. The molecule has 0 N–H and O–H groups in total. The number of ether oxygens (including phenoxy) is 2. The molecule has 1 atom stereocenters.